The molecule has 2 heterocycles. The number of hydrogen-bond donors (Lipinski definition) is 2. The van der Waals surface area contributed by atoms with E-state index in [1.54, 1.807) is 6.07 Å². The molecule has 1 aliphatic rings. The van der Waals surface area contributed by atoms with Gasteiger partial charge < -0.3 is 4.90 Å². The second-order valence-electron chi connectivity index (χ2n) is 4.99. The van der Waals surface area contributed by atoms with Crippen molar-refractivity contribution >= 4 is 16.8 Å². The average molecular weight is 277 g/mol. The van der Waals surface area contributed by atoms with Crippen LogP contribution in [0.2, 0.25) is 0 Å². The monoisotopic (exact) mass is 277 g/mol. The Kier molecular flexibility index (Phi) is 3.37. The highest BCUT2D eigenvalue weighted by molar-refractivity contribution is 6.04. The van der Waals surface area contributed by atoms with Crippen LogP contribution in [0.15, 0.2) is 18.2 Å². The van der Waals surface area contributed by atoms with E-state index in [9.17, 15) is 9.18 Å². The third-order valence-electron chi connectivity index (χ3n) is 3.50. The molecule has 106 valence electrons. The number of nitrogens with zero attached hydrogens (tertiary/aromatic N) is 3. The molecule has 1 saturated heterocycles. The van der Waals surface area contributed by atoms with Crippen molar-refractivity contribution in [2.24, 2.45) is 0 Å². The minimum absolute atomic E-state index is 0.221. The van der Waals surface area contributed by atoms with E-state index in [2.05, 4.69) is 20.5 Å². The number of benzene rings is 1. The van der Waals surface area contributed by atoms with Crippen LogP contribution in [-0.2, 0) is 0 Å². The number of carbonyl (C=O) groups excluding carboxylic acids is 1. The summed E-state index contributed by atoms with van der Waals surface area (Å²) in [5.74, 6) is -0.695. The van der Waals surface area contributed by atoms with Crippen molar-refractivity contribution in [3.8, 4) is 0 Å². The zero-order valence-electron chi connectivity index (χ0n) is 11.2. The number of hydrogen-bond acceptors (Lipinski definition) is 4. The Morgan fingerprint density at radius 1 is 1.35 bits per heavy atom. The molecule has 0 bridgehead atoms. The molecule has 0 unspecified atom stereocenters. The normalized spacial score (nSPS) is 17.5. The molecule has 1 aromatic heterocycles. The first-order valence-corrected chi connectivity index (χ1v) is 6.51. The van der Waals surface area contributed by atoms with Gasteiger partial charge in [0.1, 0.15) is 5.82 Å². The molecule has 1 amide bonds. The molecule has 2 N–H and O–H groups in total. The molecule has 1 aromatic carbocycles. The van der Waals surface area contributed by atoms with Crippen LogP contribution >= 0.6 is 0 Å². The highest BCUT2D eigenvalue weighted by Gasteiger charge is 2.19. The highest BCUT2D eigenvalue weighted by atomic mass is 19.1. The lowest BCUT2D eigenvalue weighted by Crippen LogP contribution is -2.52. The number of nitrogens with one attached hydrogen (secondary N) is 2. The second-order valence-corrected chi connectivity index (χ2v) is 4.99. The van der Waals surface area contributed by atoms with E-state index in [0.717, 1.165) is 26.2 Å². The number of amides is 1. The van der Waals surface area contributed by atoms with Gasteiger partial charge in [0, 0.05) is 31.6 Å². The summed E-state index contributed by atoms with van der Waals surface area (Å²) in [5, 5.41) is 9.07. The first kappa shape index (κ1) is 13.0. The molecule has 20 heavy (non-hydrogen) atoms. The molecule has 1 fully saturated rings. The number of aromatic amines is 1. The number of aromatic nitrogens is 2. The lowest BCUT2D eigenvalue weighted by Gasteiger charge is -2.32. The van der Waals surface area contributed by atoms with E-state index < -0.39 is 0 Å². The first-order chi connectivity index (χ1) is 9.63. The third kappa shape index (κ3) is 2.50. The van der Waals surface area contributed by atoms with Gasteiger partial charge in [0.05, 0.1) is 5.52 Å². The number of rotatable bonds is 2. The van der Waals surface area contributed by atoms with Crippen molar-refractivity contribution in [1.29, 1.82) is 0 Å². The highest BCUT2D eigenvalue weighted by Crippen LogP contribution is 2.17. The molecule has 7 heteroatoms. The number of H-pyrrole nitrogens is 1. The maximum absolute atomic E-state index is 13.3. The van der Waals surface area contributed by atoms with Gasteiger partial charge in [-0.2, -0.15) is 5.10 Å². The van der Waals surface area contributed by atoms with Gasteiger partial charge in [0.2, 0.25) is 0 Å². The predicted molar refractivity (Wildman–Crippen MR) is 72.6 cm³/mol. The lowest BCUT2D eigenvalue weighted by molar-refractivity contribution is 0.0659. The van der Waals surface area contributed by atoms with Crippen molar-refractivity contribution in [2.45, 2.75) is 0 Å². The summed E-state index contributed by atoms with van der Waals surface area (Å²) in [5.41, 5.74) is 3.69. The fourth-order valence-corrected chi connectivity index (χ4v) is 2.27. The Bertz CT molecular complexity index is 633. The van der Waals surface area contributed by atoms with Crippen LogP contribution in [0.5, 0.6) is 0 Å². The van der Waals surface area contributed by atoms with Crippen LogP contribution < -0.4 is 5.43 Å². The van der Waals surface area contributed by atoms with E-state index >= 15 is 0 Å². The number of fused-ring (bicyclic) bond motifs is 1. The first-order valence-electron chi connectivity index (χ1n) is 6.51. The van der Waals surface area contributed by atoms with E-state index in [-0.39, 0.29) is 17.4 Å². The number of hydrazine groups is 1. The van der Waals surface area contributed by atoms with Gasteiger partial charge in [-0.25, -0.2) is 9.40 Å². The molecule has 0 aliphatic carbocycles. The van der Waals surface area contributed by atoms with Crippen molar-refractivity contribution in [3.63, 3.8) is 0 Å². The average Bonchev–Trinajstić information content (AvgIpc) is 2.84. The van der Waals surface area contributed by atoms with Crippen LogP contribution in [0.1, 0.15) is 10.5 Å². The molecule has 0 radical (unpaired) electrons. The fourth-order valence-electron chi connectivity index (χ4n) is 2.27. The minimum atomic E-state index is -0.382. The van der Waals surface area contributed by atoms with Gasteiger partial charge in [-0.05, 0) is 25.2 Å². The number of carbonyl (C=O) groups is 1. The van der Waals surface area contributed by atoms with Crippen LogP contribution in [-0.4, -0.2) is 59.2 Å². The van der Waals surface area contributed by atoms with Gasteiger partial charge >= 0.3 is 0 Å². The van der Waals surface area contributed by atoms with Crippen LogP contribution in [0.4, 0.5) is 4.39 Å². The van der Waals surface area contributed by atoms with Crippen molar-refractivity contribution < 1.29 is 9.18 Å². The molecule has 0 spiro atoms. The Balaban J connectivity index is 1.77. The molecule has 6 nitrogen and oxygen atoms in total. The molecule has 3 rings (SSSR count). The van der Waals surface area contributed by atoms with Crippen LogP contribution in [0.3, 0.4) is 0 Å². The summed E-state index contributed by atoms with van der Waals surface area (Å²) in [6.07, 6.45) is 0. The molecule has 0 atom stereocenters. The largest absolute Gasteiger partial charge is 0.304 e. The van der Waals surface area contributed by atoms with Gasteiger partial charge in [0.25, 0.3) is 5.91 Å². The molecule has 1 aliphatic heterocycles. The molecule has 2 aromatic rings. The molecular formula is C13H16FN5O. The summed E-state index contributed by atoms with van der Waals surface area (Å²) in [7, 11) is 2.04. The maximum Gasteiger partial charge on any atom is 0.286 e. The number of halogens is 1. The standard InChI is InChI=1S/C13H16FN5O/c1-18-4-6-19(7-5-18)17-13(20)12-10-8-9(14)2-3-11(10)15-16-12/h2-3,8H,4-7H2,1H3,(H,15,16)(H,17,20). The van der Waals surface area contributed by atoms with Crippen molar-refractivity contribution in [2.75, 3.05) is 33.2 Å². The topological polar surface area (TPSA) is 64.3 Å². The van der Waals surface area contributed by atoms with Gasteiger partial charge in [-0.3, -0.25) is 15.3 Å². The Hall–Kier alpha value is -1.99. The molecule has 0 saturated carbocycles. The summed E-state index contributed by atoms with van der Waals surface area (Å²) in [6, 6.07) is 4.23. The Morgan fingerprint density at radius 3 is 2.85 bits per heavy atom. The smallest absolute Gasteiger partial charge is 0.286 e. The van der Waals surface area contributed by atoms with E-state index in [1.165, 1.54) is 12.1 Å². The third-order valence-corrected chi connectivity index (χ3v) is 3.50. The molecular weight excluding hydrogens is 261 g/mol. The maximum atomic E-state index is 13.3. The quantitative estimate of drug-likeness (QED) is 0.843. The second kappa shape index (κ2) is 5.18. The van der Waals surface area contributed by atoms with Crippen molar-refractivity contribution in [3.05, 3.63) is 29.7 Å². The van der Waals surface area contributed by atoms with Gasteiger partial charge in [0.15, 0.2) is 5.69 Å². The van der Waals surface area contributed by atoms with Crippen molar-refractivity contribution in [1.82, 2.24) is 25.5 Å². The SMILES string of the molecule is CN1CCN(NC(=O)c2n[nH]c3ccc(F)cc23)CC1. The van der Waals surface area contributed by atoms with Crippen LogP contribution in [0.25, 0.3) is 10.9 Å². The van der Waals surface area contributed by atoms with Gasteiger partial charge in [-0.15, -0.1) is 0 Å². The summed E-state index contributed by atoms with van der Waals surface area (Å²) < 4.78 is 13.3. The van der Waals surface area contributed by atoms with E-state index in [0.29, 0.717) is 10.9 Å². The van der Waals surface area contributed by atoms with E-state index in [1.807, 2.05) is 12.1 Å². The summed E-state index contributed by atoms with van der Waals surface area (Å²) in [6.45, 7) is 3.32. The zero-order chi connectivity index (χ0) is 14.1. The van der Waals surface area contributed by atoms with Crippen LogP contribution in [0, 0.1) is 5.82 Å². The van der Waals surface area contributed by atoms with Gasteiger partial charge in [-0.1, -0.05) is 0 Å². The Morgan fingerprint density at radius 2 is 2.10 bits per heavy atom. The lowest BCUT2D eigenvalue weighted by atomic mass is 10.2. The van der Waals surface area contributed by atoms with E-state index in [4.69, 9.17) is 0 Å². The fraction of sp³-hybridized carbons (Fsp3) is 0.385. The number of piperazine rings is 1. The minimum Gasteiger partial charge on any atom is -0.304 e. The predicted octanol–water partition coefficient (Wildman–Crippen LogP) is 0.594. The zero-order valence-corrected chi connectivity index (χ0v) is 11.2. The summed E-state index contributed by atoms with van der Waals surface area (Å²) >= 11 is 0. The summed E-state index contributed by atoms with van der Waals surface area (Å²) in [4.78, 5) is 14.4. The Labute approximate surface area is 115 Å². The number of likely N-dealkylation sites (N-methyl/N-ethyl adjacent to an activating group) is 1.